The Kier molecular flexibility index (Phi) is 6.02. The van der Waals surface area contributed by atoms with Crippen molar-refractivity contribution in [3.8, 4) is 0 Å². The van der Waals surface area contributed by atoms with Gasteiger partial charge < -0.3 is 10.6 Å². The lowest BCUT2D eigenvalue weighted by atomic mass is 10.2. The number of hydrogen-bond donors (Lipinski definition) is 2. The summed E-state index contributed by atoms with van der Waals surface area (Å²) in [5.41, 5.74) is 1.35. The predicted octanol–water partition coefficient (Wildman–Crippen LogP) is 3.39. The summed E-state index contributed by atoms with van der Waals surface area (Å²) >= 11 is 3.30. The molecule has 0 spiro atoms. The molecule has 0 bridgehead atoms. The van der Waals surface area contributed by atoms with Gasteiger partial charge in [0, 0.05) is 17.3 Å². The van der Waals surface area contributed by atoms with E-state index in [0.29, 0.717) is 11.4 Å². The van der Waals surface area contributed by atoms with Gasteiger partial charge in [-0.3, -0.25) is 9.59 Å². The molecule has 1 atom stereocenters. The normalized spacial score (nSPS) is 12.1. The van der Waals surface area contributed by atoms with Crippen LogP contribution < -0.4 is 10.6 Å². The SMILES string of the molecule is CCC(Br)C(=O)Nc1cccc(NC(=O)C(C)C)c1. The van der Waals surface area contributed by atoms with Gasteiger partial charge in [0.1, 0.15) is 0 Å². The van der Waals surface area contributed by atoms with E-state index in [4.69, 9.17) is 0 Å². The Bertz CT molecular complexity index is 461. The molecule has 0 aromatic heterocycles. The number of benzene rings is 1. The first-order chi connectivity index (χ1) is 8.93. The molecule has 0 fully saturated rings. The molecule has 0 saturated carbocycles. The molecular weight excluding hydrogens is 308 g/mol. The smallest absolute Gasteiger partial charge is 0.238 e. The standard InChI is InChI=1S/C14H19BrN2O2/c1-4-12(15)14(19)17-11-7-5-6-10(8-11)16-13(18)9(2)3/h5-9,12H,4H2,1-3H3,(H,16,18)(H,17,19). The van der Waals surface area contributed by atoms with Gasteiger partial charge in [0.25, 0.3) is 0 Å². The zero-order valence-electron chi connectivity index (χ0n) is 11.4. The van der Waals surface area contributed by atoms with E-state index in [1.54, 1.807) is 24.3 Å². The number of anilines is 2. The Balaban J connectivity index is 2.72. The Morgan fingerprint density at radius 3 is 2.16 bits per heavy atom. The molecule has 104 valence electrons. The van der Waals surface area contributed by atoms with Crippen molar-refractivity contribution < 1.29 is 9.59 Å². The Hall–Kier alpha value is -1.36. The van der Waals surface area contributed by atoms with Crippen molar-refractivity contribution in [1.29, 1.82) is 0 Å². The fraction of sp³-hybridized carbons (Fsp3) is 0.429. The van der Waals surface area contributed by atoms with Crippen LogP contribution in [-0.4, -0.2) is 16.6 Å². The Morgan fingerprint density at radius 2 is 1.68 bits per heavy atom. The van der Waals surface area contributed by atoms with Crippen LogP contribution in [0.1, 0.15) is 27.2 Å². The van der Waals surface area contributed by atoms with Crippen LogP contribution in [0.2, 0.25) is 0 Å². The lowest BCUT2D eigenvalue weighted by molar-refractivity contribution is -0.119. The molecule has 0 radical (unpaired) electrons. The van der Waals surface area contributed by atoms with Crippen LogP contribution in [0.25, 0.3) is 0 Å². The van der Waals surface area contributed by atoms with Gasteiger partial charge in [-0.25, -0.2) is 0 Å². The number of alkyl halides is 1. The Labute approximate surface area is 122 Å². The average molecular weight is 327 g/mol. The van der Waals surface area contributed by atoms with Crippen LogP contribution in [0.15, 0.2) is 24.3 Å². The highest BCUT2D eigenvalue weighted by Gasteiger charge is 2.13. The summed E-state index contributed by atoms with van der Waals surface area (Å²) in [7, 11) is 0. The maximum absolute atomic E-state index is 11.7. The van der Waals surface area contributed by atoms with Crippen LogP contribution in [0.5, 0.6) is 0 Å². The van der Waals surface area contributed by atoms with Crippen molar-refractivity contribution >= 4 is 39.1 Å². The number of carbonyl (C=O) groups excluding carboxylic acids is 2. The molecule has 19 heavy (non-hydrogen) atoms. The molecule has 4 nitrogen and oxygen atoms in total. The van der Waals surface area contributed by atoms with Gasteiger partial charge in [0.05, 0.1) is 4.83 Å². The Morgan fingerprint density at radius 1 is 1.16 bits per heavy atom. The van der Waals surface area contributed by atoms with E-state index in [0.717, 1.165) is 6.42 Å². The quantitative estimate of drug-likeness (QED) is 0.815. The third-order valence-corrected chi connectivity index (χ3v) is 3.63. The van der Waals surface area contributed by atoms with E-state index in [2.05, 4.69) is 26.6 Å². The maximum atomic E-state index is 11.7. The first-order valence-corrected chi connectivity index (χ1v) is 7.21. The van der Waals surface area contributed by atoms with E-state index < -0.39 is 0 Å². The zero-order valence-corrected chi connectivity index (χ0v) is 13.0. The van der Waals surface area contributed by atoms with Gasteiger partial charge >= 0.3 is 0 Å². The van der Waals surface area contributed by atoms with E-state index in [-0.39, 0.29) is 22.6 Å². The van der Waals surface area contributed by atoms with Crippen molar-refractivity contribution in [3.05, 3.63) is 24.3 Å². The monoisotopic (exact) mass is 326 g/mol. The van der Waals surface area contributed by atoms with Gasteiger partial charge in [-0.15, -0.1) is 0 Å². The number of rotatable bonds is 5. The lowest BCUT2D eigenvalue weighted by Gasteiger charge is -2.11. The molecule has 1 unspecified atom stereocenters. The maximum Gasteiger partial charge on any atom is 0.238 e. The summed E-state index contributed by atoms with van der Waals surface area (Å²) in [6, 6.07) is 7.12. The van der Waals surface area contributed by atoms with E-state index in [9.17, 15) is 9.59 Å². The third kappa shape index (κ3) is 5.03. The highest BCUT2D eigenvalue weighted by Crippen LogP contribution is 2.17. The van der Waals surface area contributed by atoms with Crippen molar-refractivity contribution in [3.63, 3.8) is 0 Å². The summed E-state index contributed by atoms with van der Waals surface area (Å²) in [6.45, 7) is 5.59. The molecule has 5 heteroatoms. The van der Waals surface area contributed by atoms with Gasteiger partial charge in [-0.2, -0.15) is 0 Å². The third-order valence-electron chi connectivity index (χ3n) is 2.56. The van der Waals surface area contributed by atoms with Crippen LogP contribution in [0.4, 0.5) is 11.4 Å². The largest absolute Gasteiger partial charge is 0.326 e. The lowest BCUT2D eigenvalue weighted by Crippen LogP contribution is -2.22. The minimum atomic E-state index is -0.207. The van der Waals surface area contributed by atoms with Crippen molar-refractivity contribution in [2.75, 3.05) is 10.6 Å². The van der Waals surface area contributed by atoms with Crippen LogP contribution in [-0.2, 0) is 9.59 Å². The summed E-state index contributed by atoms with van der Waals surface area (Å²) in [5.74, 6) is -0.213. The average Bonchev–Trinajstić information content (AvgIpc) is 2.37. The number of nitrogens with one attached hydrogen (secondary N) is 2. The minimum absolute atomic E-state index is 0.0459. The zero-order chi connectivity index (χ0) is 14.4. The van der Waals surface area contributed by atoms with Gasteiger partial charge in [-0.05, 0) is 24.6 Å². The van der Waals surface area contributed by atoms with Crippen molar-refractivity contribution in [2.45, 2.75) is 32.0 Å². The molecule has 0 aliphatic heterocycles. The number of amides is 2. The first-order valence-electron chi connectivity index (χ1n) is 6.30. The molecule has 0 heterocycles. The highest BCUT2D eigenvalue weighted by atomic mass is 79.9. The van der Waals surface area contributed by atoms with Crippen LogP contribution >= 0.6 is 15.9 Å². The summed E-state index contributed by atoms with van der Waals surface area (Å²) in [4.78, 5) is 23.1. The molecule has 0 aliphatic carbocycles. The van der Waals surface area contributed by atoms with Gasteiger partial charge in [0.15, 0.2) is 0 Å². The van der Waals surface area contributed by atoms with E-state index >= 15 is 0 Å². The molecule has 2 amide bonds. The number of carbonyl (C=O) groups is 2. The summed E-state index contributed by atoms with van der Waals surface area (Å²) < 4.78 is 0. The van der Waals surface area contributed by atoms with Crippen LogP contribution in [0.3, 0.4) is 0 Å². The fourth-order valence-electron chi connectivity index (χ4n) is 1.37. The molecule has 0 aliphatic rings. The topological polar surface area (TPSA) is 58.2 Å². The molecule has 1 aromatic rings. The van der Waals surface area contributed by atoms with Gasteiger partial charge in [0.2, 0.25) is 11.8 Å². The number of halogens is 1. The summed E-state index contributed by atoms with van der Waals surface area (Å²) in [6.07, 6.45) is 0.718. The van der Waals surface area contributed by atoms with Crippen molar-refractivity contribution in [1.82, 2.24) is 0 Å². The van der Waals surface area contributed by atoms with E-state index in [1.165, 1.54) is 0 Å². The fourth-order valence-corrected chi connectivity index (χ4v) is 1.48. The molecule has 1 aromatic carbocycles. The molecule has 0 saturated heterocycles. The second-order valence-electron chi connectivity index (χ2n) is 4.59. The van der Waals surface area contributed by atoms with Crippen LogP contribution in [0, 0.1) is 5.92 Å². The molecular formula is C14H19BrN2O2. The summed E-state index contributed by atoms with van der Waals surface area (Å²) in [5, 5.41) is 5.59. The molecule has 1 rings (SSSR count). The first kappa shape index (κ1) is 15.7. The van der Waals surface area contributed by atoms with E-state index in [1.807, 2.05) is 20.8 Å². The number of hydrogen-bond acceptors (Lipinski definition) is 2. The predicted molar refractivity (Wildman–Crippen MR) is 81.5 cm³/mol. The molecule has 2 N–H and O–H groups in total. The van der Waals surface area contributed by atoms with Gasteiger partial charge in [-0.1, -0.05) is 42.8 Å². The second kappa shape index (κ2) is 7.28. The minimum Gasteiger partial charge on any atom is -0.326 e. The van der Waals surface area contributed by atoms with Crippen molar-refractivity contribution in [2.24, 2.45) is 5.92 Å². The highest BCUT2D eigenvalue weighted by molar-refractivity contribution is 9.10. The second-order valence-corrected chi connectivity index (χ2v) is 5.70.